The van der Waals surface area contributed by atoms with Gasteiger partial charge in [-0.15, -0.1) is 0 Å². The lowest BCUT2D eigenvalue weighted by Crippen LogP contribution is -2.48. The number of hydrogen-bond donors (Lipinski definition) is 0. The summed E-state index contributed by atoms with van der Waals surface area (Å²) in [6, 6.07) is 0. The second kappa shape index (κ2) is 21.9. The van der Waals surface area contributed by atoms with Crippen LogP contribution >= 0.6 is 0 Å². The Morgan fingerprint density at radius 1 is 0.333 bits per heavy atom. The molecule has 9 aliphatic rings. The summed E-state index contributed by atoms with van der Waals surface area (Å²) in [6.07, 6.45) is 6.74. The lowest BCUT2D eigenvalue weighted by Gasteiger charge is -2.40. The van der Waals surface area contributed by atoms with Crippen molar-refractivity contribution in [1.82, 2.24) is 0 Å². The van der Waals surface area contributed by atoms with E-state index in [1.165, 1.54) is 25.7 Å². The molecule has 7 atom stereocenters. The molecule has 0 N–H and O–H groups in total. The molecule has 328 valence electrons. The van der Waals surface area contributed by atoms with Crippen molar-refractivity contribution in [2.24, 2.45) is 28.6 Å². The van der Waals surface area contributed by atoms with Gasteiger partial charge in [-0.2, -0.15) is 0 Å². The van der Waals surface area contributed by atoms with Gasteiger partial charge in [0.1, 0.15) is 42.7 Å². The molecular weight excluding hydrogens is 748 g/mol. The summed E-state index contributed by atoms with van der Waals surface area (Å²) in [5.74, 6) is 1.48. The van der Waals surface area contributed by atoms with Crippen molar-refractivity contribution < 1.29 is 75.8 Å². The highest BCUT2D eigenvalue weighted by molar-refractivity contribution is 4.90. The van der Waals surface area contributed by atoms with Crippen LogP contribution in [0.5, 0.6) is 0 Å². The van der Waals surface area contributed by atoms with Crippen LogP contribution in [0.3, 0.4) is 0 Å². The molecule has 0 amide bonds. The van der Waals surface area contributed by atoms with Gasteiger partial charge < -0.3 is 75.8 Å². The highest BCUT2D eigenvalue weighted by Crippen LogP contribution is 2.35. The number of ether oxygens (including phenoxy) is 16. The zero-order valence-corrected chi connectivity index (χ0v) is 33.8. The zero-order chi connectivity index (χ0) is 38.6. The van der Waals surface area contributed by atoms with E-state index in [0.29, 0.717) is 112 Å². The normalized spacial score (nSPS) is 32.7. The molecule has 2 saturated carbocycles. The van der Waals surface area contributed by atoms with Crippen LogP contribution in [0.25, 0.3) is 0 Å². The SMILES string of the molecule is C1CC1COCC(COCC1CO1)(COCC1CO1)C(COCC1CO1)COCC1CO1.C1CC1COCC(COCC1CO1)(COCC1CO1)COCC1CO1. The molecule has 7 heterocycles. The monoisotopic (exact) mass is 816 g/mol. The Labute approximate surface area is 337 Å². The van der Waals surface area contributed by atoms with Crippen molar-refractivity contribution in [2.45, 2.75) is 68.4 Å². The van der Waals surface area contributed by atoms with Crippen molar-refractivity contribution in [2.75, 3.05) is 165 Å². The Bertz CT molecular complexity index is 989. The number of rotatable bonds is 37. The van der Waals surface area contributed by atoms with E-state index >= 15 is 0 Å². The molecule has 0 aromatic heterocycles. The highest BCUT2D eigenvalue weighted by Gasteiger charge is 2.43. The van der Waals surface area contributed by atoms with Crippen LogP contribution in [0.1, 0.15) is 25.7 Å². The molecule has 2 aliphatic carbocycles. The maximum atomic E-state index is 6.25. The molecule has 7 aliphatic heterocycles. The van der Waals surface area contributed by atoms with E-state index < -0.39 is 0 Å². The van der Waals surface area contributed by atoms with Gasteiger partial charge in [-0.25, -0.2) is 0 Å². The van der Waals surface area contributed by atoms with Crippen LogP contribution in [0.4, 0.5) is 0 Å². The van der Waals surface area contributed by atoms with Crippen molar-refractivity contribution in [1.29, 1.82) is 0 Å². The topological polar surface area (TPSA) is 171 Å². The second-order valence-corrected chi connectivity index (χ2v) is 17.8. The van der Waals surface area contributed by atoms with Gasteiger partial charge in [-0.1, -0.05) is 0 Å². The third kappa shape index (κ3) is 18.1. The molecule has 0 bridgehead atoms. The highest BCUT2D eigenvalue weighted by atomic mass is 16.6. The summed E-state index contributed by atoms with van der Waals surface area (Å²) in [5.41, 5.74) is -0.680. The molecule has 57 heavy (non-hydrogen) atoms. The summed E-state index contributed by atoms with van der Waals surface area (Å²) in [6.45, 7) is 16.3. The molecule has 16 heteroatoms. The van der Waals surface area contributed by atoms with E-state index in [1.807, 2.05) is 0 Å². The number of epoxide rings is 7. The van der Waals surface area contributed by atoms with E-state index in [-0.39, 0.29) is 59.5 Å². The van der Waals surface area contributed by atoms with Gasteiger partial charge in [-0.05, 0) is 37.5 Å². The van der Waals surface area contributed by atoms with Gasteiger partial charge in [0.15, 0.2) is 0 Å². The molecule has 0 aromatic rings. The Kier molecular flexibility index (Phi) is 16.6. The molecule has 0 aromatic carbocycles. The molecule has 0 spiro atoms. The van der Waals surface area contributed by atoms with E-state index in [0.717, 1.165) is 65.4 Å². The van der Waals surface area contributed by atoms with Crippen molar-refractivity contribution >= 4 is 0 Å². The van der Waals surface area contributed by atoms with Gasteiger partial charge in [0.05, 0.1) is 157 Å². The van der Waals surface area contributed by atoms with Crippen LogP contribution in [0, 0.1) is 28.6 Å². The summed E-state index contributed by atoms with van der Waals surface area (Å²) >= 11 is 0. The third-order valence-corrected chi connectivity index (χ3v) is 11.3. The van der Waals surface area contributed by atoms with Crippen LogP contribution < -0.4 is 0 Å². The van der Waals surface area contributed by atoms with Crippen LogP contribution in [0.15, 0.2) is 0 Å². The lowest BCUT2D eigenvalue weighted by molar-refractivity contribution is -0.134. The molecule has 9 rings (SSSR count). The molecule has 0 radical (unpaired) electrons. The van der Waals surface area contributed by atoms with Gasteiger partial charge in [0, 0.05) is 24.5 Å². The van der Waals surface area contributed by atoms with Crippen molar-refractivity contribution in [3.8, 4) is 0 Å². The quantitative estimate of drug-likeness (QED) is 0.0822. The lowest BCUT2D eigenvalue weighted by atomic mass is 9.77. The molecule has 9 fully saturated rings. The Balaban J connectivity index is 0.000000165. The second-order valence-electron chi connectivity index (χ2n) is 17.8. The molecule has 7 saturated heterocycles. The van der Waals surface area contributed by atoms with Gasteiger partial charge in [0.25, 0.3) is 0 Å². The zero-order valence-electron chi connectivity index (χ0n) is 33.8. The van der Waals surface area contributed by atoms with Gasteiger partial charge >= 0.3 is 0 Å². The van der Waals surface area contributed by atoms with Gasteiger partial charge in [-0.3, -0.25) is 0 Å². The van der Waals surface area contributed by atoms with Crippen LogP contribution in [-0.4, -0.2) is 208 Å². The minimum absolute atomic E-state index is 0.0550. The first-order chi connectivity index (χ1) is 28.1. The van der Waals surface area contributed by atoms with Crippen molar-refractivity contribution in [3.63, 3.8) is 0 Å². The first-order valence-corrected chi connectivity index (χ1v) is 21.6. The third-order valence-electron chi connectivity index (χ3n) is 11.3. The Hall–Kier alpha value is -0.640. The van der Waals surface area contributed by atoms with E-state index in [2.05, 4.69) is 0 Å². The van der Waals surface area contributed by atoms with Crippen LogP contribution in [0.2, 0.25) is 0 Å². The predicted octanol–water partition coefficient (Wildman–Crippen LogP) is 1.32. The largest absolute Gasteiger partial charge is 0.380 e. The predicted molar refractivity (Wildman–Crippen MR) is 199 cm³/mol. The minimum atomic E-state index is -0.381. The Morgan fingerprint density at radius 3 is 0.860 bits per heavy atom. The van der Waals surface area contributed by atoms with Gasteiger partial charge in [0.2, 0.25) is 0 Å². The van der Waals surface area contributed by atoms with Crippen LogP contribution in [-0.2, 0) is 75.8 Å². The molecule has 16 nitrogen and oxygen atoms in total. The van der Waals surface area contributed by atoms with E-state index in [9.17, 15) is 0 Å². The fourth-order valence-electron chi connectivity index (χ4n) is 6.41. The minimum Gasteiger partial charge on any atom is -0.380 e. The maximum Gasteiger partial charge on any atom is 0.104 e. The number of hydrogen-bond acceptors (Lipinski definition) is 16. The fraction of sp³-hybridized carbons (Fsp3) is 1.00. The molecule has 7 unspecified atom stereocenters. The molecular formula is C41H68O16. The summed E-state index contributed by atoms with van der Waals surface area (Å²) in [4.78, 5) is 0. The average molecular weight is 817 g/mol. The summed E-state index contributed by atoms with van der Waals surface area (Å²) in [5, 5.41) is 0. The smallest absolute Gasteiger partial charge is 0.104 e. The average Bonchev–Trinajstić information content (AvgIpc) is 4.01. The van der Waals surface area contributed by atoms with E-state index in [4.69, 9.17) is 75.8 Å². The standard InChI is InChI=1S/C23H38O9.C18H30O7/c1-2-17(1)3-26-14-23(15-27-8-21-12-31-21,16-28-9-22-13-32-22)18(4-24-6-19-10-29-19)5-25-7-20-11-30-20;1-2-14(1)3-19-10-18(11-20-4-15-7-23-15,12-21-5-16-8-24-16)13-22-6-17-9-25-17/h17-22H,1-16H2;14-17H,1-13H2. The Morgan fingerprint density at radius 2 is 0.579 bits per heavy atom. The first-order valence-electron chi connectivity index (χ1n) is 21.6. The fourth-order valence-corrected chi connectivity index (χ4v) is 6.41. The maximum absolute atomic E-state index is 6.25. The van der Waals surface area contributed by atoms with E-state index in [1.54, 1.807) is 0 Å². The summed E-state index contributed by atoms with van der Waals surface area (Å²) in [7, 11) is 0. The van der Waals surface area contributed by atoms with Crippen molar-refractivity contribution in [3.05, 3.63) is 0 Å². The summed E-state index contributed by atoms with van der Waals surface area (Å²) < 4.78 is 91.5. The first kappa shape index (κ1) is 43.0.